The van der Waals surface area contributed by atoms with Crippen molar-refractivity contribution in [3.8, 4) is 0 Å². The van der Waals surface area contributed by atoms with E-state index in [1.807, 2.05) is 0 Å². The number of piperidine rings is 1. The van der Waals surface area contributed by atoms with Gasteiger partial charge in [0.2, 0.25) is 0 Å². The van der Waals surface area contributed by atoms with Gasteiger partial charge in [0.05, 0.1) is 12.6 Å². The molecule has 1 heterocycles. The van der Waals surface area contributed by atoms with Crippen molar-refractivity contribution in [2.45, 2.75) is 32.7 Å². The minimum Gasteiger partial charge on any atom is -0.461 e. The van der Waals surface area contributed by atoms with Gasteiger partial charge in [0, 0.05) is 36.4 Å². The molecule has 7 heteroatoms. The van der Waals surface area contributed by atoms with Gasteiger partial charge in [-0.05, 0) is 19.4 Å². The Bertz CT molecular complexity index is 687. The fraction of sp³-hybridized carbons (Fsp3) is 0.444. The van der Waals surface area contributed by atoms with E-state index in [4.69, 9.17) is 10.5 Å². The summed E-state index contributed by atoms with van der Waals surface area (Å²) in [4.78, 5) is 16.5. The largest absolute Gasteiger partial charge is 0.461 e. The second-order valence-electron chi connectivity index (χ2n) is 5.72. The van der Waals surface area contributed by atoms with Crippen molar-refractivity contribution in [2.75, 3.05) is 19.7 Å². The second kappa shape index (κ2) is 8.71. The minimum atomic E-state index is -2.56. The minimum absolute atomic E-state index is 0.0159. The Morgan fingerprint density at radius 1 is 1.36 bits per heavy atom. The van der Waals surface area contributed by atoms with Crippen LogP contribution in [0, 0.1) is 0 Å². The van der Waals surface area contributed by atoms with Gasteiger partial charge in [0.1, 0.15) is 5.70 Å². The van der Waals surface area contributed by atoms with Gasteiger partial charge in [0.15, 0.2) is 0 Å². The summed E-state index contributed by atoms with van der Waals surface area (Å²) in [7, 11) is 0. The summed E-state index contributed by atoms with van der Waals surface area (Å²) >= 11 is 0. The molecule has 1 saturated heterocycles. The molecule has 5 nitrogen and oxygen atoms in total. The highest BCUT2D eigenvalue weighted by molar-refractivity contribution is 6.07. The summed E-state index contributed by atoms with van der Waals surface area (Å²) < 4.78 is 31.4. The smallest absolute Gasteiger partial charge is 0.354 e. The number of carbonyl (C=O) groups excluding carboxylic acids is 1. The van der Waals surface area contributed by atoms with E-state index in [0.717, 1.165) is 0 Å². The van der Waals surface area contributed by atoms with E-state index in [-0.39, 0.29) is 17.9 Å². The van der Waals surface area contributed by atoms with E-state index >= 15 is 0 Å². The van der Waals surface area contributed by atoms with Crippen LogP contribution in [-0.2, 0) is 9.53 Å². The Labute approximate surface area is 146 Å². The summed E-state index contributed by atoms with van der Waals surface area (Å²) in [5, 5.41) is 3.14. The highest BCUT2D eigenvalue weighted by Gasteiger charge is 2.23. The van der Waals surface area contributed by atoms with Gasteiger partial charge in [0.25, 0.3) is 6.43 Å². The number of esters is 1. The molecule has 1 aliphatic heterocycles. The number of aliphatic imine (C=N–C) groups is 1. The van der Waals surface area contributed by atoms with Crippen LogP contribution in [-0.4, -0.2) is 31.4 Å². The molecule has 2 rings (SSSR count). The van der Waals surface area contributed by atoms with Crippen molar-refractivity contribution in [2.24, 2.45) is 10.7 Å². The maximum atomic E-state index is 13.2. The van der Waals surface area contributed by atoms with Crippen molar-refractivity contribution in [3.63, 3.8) is 0 Å². The monoisotopic (exact) mass is 351 g/mol. The van der Waals surface area contributed by atoms with Crippen LogP contribution < -0.4 is 11.1 Å². The third-order valence-corrected chi connectivity index (χ3v) is 4.04. The molecule has 0 aromatic heterocycles. The quantitative estimate of drug-likeness (QED) is 0.632. The molecule has 1 aromatic carbocycles. The molecule has 25 heavy (non-hydrogen) atoms. The first-order valence-electron chi connectivity index (χ1n) is 8.26. The first kappa shape index (κ1) is 19.1. The Hall–Kier alpha value is -2.28. The lowest BCUT2D eigenvalue weighted by Gasteiger charge is -2.22. The van der Waals surface area contributed by atoms with Gasteiger partial charge in [-0.1, -0.05) is 24.3 Å². The van der Waals surface area contributed by atoms with E-state index in [1.165, 1.54) is 6.07 Å². The molecule has 1 atom stereocenters. The van der Waals surface area contributed by atoms with E-state index in [2.05, 4.69) is 10.3 Å². The third kappa shape index (κ3) is 4.63. The summed E-state index contributed by atoms with van der Waals surface area (Å²) in [6.07, 6.45) is -2.00. The molecule has 0 aliphatic carbocycles. The van der Waals surface area contributed by atoms with E-state index < -0.39 is 18.4 Å². The maximum absolute atomic E-state index is 13.2. The molecule has 3 N–H and O–H groups in total. The molecule has 0 bridgehead atoms. The van der Waals surface area contributed by atoms with Crippen LogP contribution in [0.2, 0.25) is 0 Å². The van der Waals surface area contributed by atoms with Gasteiger partial charge < -0.3 is 15.8 Å². The van der Waals surface area contributed by atoms with Gasteiger partial charge in [-0.3, -0.25) is 4.99 Å². The Balaban J connectivity index is 2.37. The van der Waals surface area contributed by atoms with Gasteiger partial charge in [-0.2, -0.15) is 0 Å². The predicted octanol–water partition coefficient (Wildman–Crippen LogP) is 2.90. The zero-order chi connectivity index (χ0) is 18.4. The molecule has 0 amide bonds. The first-order chi connectivity index (χ1) is 12.0. The lowest BCUT2D eigenvalue weighted by molar-refractivity contribution is -0.138. The number of ether oxygens (including phenoxy) is 1. The van der Waals surface area contributed by atoms with Crippen molar-refractivity contribution >= 4 is 11.7 Å². The van der Waals surface area contributed by atoms with Crippen molar-refractivity contribution in [1.82, 2.24) is 5.32 Å². The van der Waals surface area contributed by atoms with E-state index in [9.17, 15) is 13.6 Å². The zero-order valence-corrected chi connectivity index (χ0v) is 14.4. The zero-order valence-electron chi connectivity index (χ0n) is 14.4. The van der Waals surface area contributed by atoms with Crippen molar-refractivity contribution in [1.29, 1.82) is 0 Å². The number of nitrogens with zero attached hydrogens (tertiary/aromatic N) is 1. The first-order valence-corrected chi connectivity index (χ1v) is 8.26. The SMILES string of the molecule is CCOC(=O)C(N)=C1CNCCC1=NC(C)c1ccccc1C(F)F. The van der Waals surface area contributed by atoms with E-state index in [0.29, 0.717) is 36.4 Å². The fourth-order valence-corrected chi connectivity index (χ4v) is 2.79. The number of benzene rings is 1. The molecular formula is C18H23F2N3O2. The van der Waals surface area contributed by atoms with Gasteiger partial charge >= 0.3 is 5.97 Å². The van der Waals surface area contributed by atoms with E-state index in [1.54, 1.807) is 32.0 Å². The lowest BCUT2D eigenvalue weighted by atomic mass is 9.98. The number of alkyl halides is 2. The van der Waals surface area contributed by atoms with Crippen molar-refractivity contribution < 1.29 is 18.3 Å². The number of halogens is 2. The number of hydrogen-bond acceptors (Lipinski definition) is 5. The van der Waals surface area contributed by atoms with Crippen LogP contribution in [0.3, 0.4) is 0 Å². The molecule has 1 aliphatic rings. The lowest BCUT2D eigenvalue weighted by Crippen LogP contribution is -2.35. The van der Waals surface area contributed by atoms with Crippen molar-refractivity contribution in [3.05, 3.63) is 46.7 Å². The molecular weight excluding hydrogens is 328 g/mol. The standard InChI is InChI=1S/C18H23F2N3O2/c1-3-25-18(24)16(21)14-10-22-9-8-15(14)23-11(2)12-6-4-5-7-13(12)17(19)20/h4-7,11,17,22H,3,8-10,21H2,1-2H3. The van der Waals surface area contributed by atoms with Gasteiger partial charge in [-0.15, -0.1) is 0 Å². The normalized spacial score (nSPS) is 19.8. The Morgan fingerprint density at radius 2 is 2.04 bits per heavy atom. The van der Waals surface area contributed by atoms with Crippen LogP contribution in [0.5, 0.6) is 0 Å². The van der Waals surface area contributed by atoms with Crippen LogP contribution in [0.25, 0.3) is 0 Å². The predicted molar refractivity (Wildman–Crippen MR) is 92.6 cm³/mol. The number of carbonyl (C=O) groups is 1. The maximum Gasteiger partial charge on any atom is 0.354 e. The highest BCUT2D eigenvalue weighted by Crippen LogP contribution is 2.29. The summed E-state index contributed by atoms with van der Waals surface area (Å²) in [5.74, 6) is -0.588. The molecule has 1 unspecified atom stereocenters. The van der Waals surface area contributed by atoms with Crippen LogP contribution in [0.4, 0.5) is 8.78 Å². The molecule has 0 radical (unpaired) electrons. The number of nitrogens with one attached hydrogen (secondary N) is 1. The number of hydrogen-bond donors (Lipinski definition) is 2. The topological polar surface area (TPSA) is 76.7 Å². The van der Waals surface area contributed by atoms with Gasteiger partial charge in [-0.25, -0.2) is 13.6 Å². The molecule has 1 fully saturated rings. The second-order valence-corrected chi connectivity index (χ2v) is 5.72. The van der Waals surface area contributed by atoms with Crippen LogP contribution in [0.1, 0.15) is 43.9 Å². The van der Waals surface area contributed by atoms with Crippen LogP contribution >= 0.6 is 0 Å². The third-order valence-electron chi connectivity index (χ3n) is 4.04. The van der Waals surface area contributed by atoms with Crippen LogP contribution in [0.15, 0.2) is 40.5 Å². The highest BCUT2D eigenvalue weighted by atomic mass is 19.3. The Kier molecular flexibility index (Phi) is 6.64. The summed E-state index contributed by atoms with van der Waals surface area (Å²) in [6.45, 7) is 4.76. The molecule has 1 aromatic rings. The average molecular weight is 351 g/mol. The molecule has 0 spiro atoms. The number of rotatable bonds is 5. The number of nitrogens with two attached hydrogens (primary N) is 1. The summed E-state index contributed by atoms with van der Waals surface area (Å²) in [5.41, 5.74) is 7.61. The molecule has 136 valence electrons. The fourth-order valence-electron chi connectivity index (χ4n) is 2.79. The average Bonchev–Trinajstić information content (AvgIpc) is 2.61. The summed E-state index contributed by atoms with van der Waals surface area (Å²) in [6, 6.07) is 5.88. The Morgan fingerprint density at radius 3 is 2.68 bits per heavy atom. The molecule has 0 saturated carbocycles.